The molecule has 5 nitrogen and oxygen atoms in total. The predicted octanol–water partition coefficient (Wildman–Crippen LogP) is 3.27. The minimum atomic E-state index is -0.172. The van der Waals surface area contributed by atoms with Crippen LogP contribution in [0.4, 0.5) is 0 Å². The molecule has 0 aliphatic carbocycles. The van der Waals surface area contributed by atoms with Gasteiger partial charge in [-0.15, -0.1) is 11.3 Å². The number of aryl methyl sites for hydroxylation is 2. The molecule has 7 heteroatoms. The molecule has 0 radical (unpaired) electrons. The molecule has 2 rings (SSSR count). The summed E-state index contributed by atoms with van der Waals surface area (Å²) in [4.78, 5) is 17.5. The molecule has 0 bridgehead atoms. The Morgan fingerprint density at radius 2 is 2.24 bits per heavy atom. The standard InChI is InChI=1S/C14H19ClN4OS/c1-8(2)13(14-16-9(3)18-19-14)17-12(20)7-5-10-4-6-11(15)21-10/h4,6,8,13H,5,7H2,1-3H3,(H,17,20)(H,16,18,19). The van der Waals surface area contributed by atoms with E-state index in [1.807, 2.05) is 32.9 Å². The Morgan fingerprint density at radius 3 is 2.76 bits per heavy atom. The Labute approximate surface area is 133 Å². The van der Waals surface area contributed by atoms with Crippen molar-refractivity contribution in [1.29, 1.82) is 0 Å². The third-order valence-electron chi connectivity index (χ3n) is 3.10. The van der Waals surface area contributed by atoms with E-state index in [0.29, 0.717) is 18.7 Å². The minimum absolute atomic E-state index is 0.000625. The highest BCUT2D eigenvalue weighted by Crippen LogP contribution is 2.23. The smallest absolute Gasteiger partial charge is 0.220 e. The molecule has 2 heterocycles. The lowest BCUT2D eigenvalue weighted by molar-refractivity contribution is -0.122. The Hall–Kier alpha value is -1.40. The number of hydrogen-bond acceptors (Lipinski definition) is 4. The summed E-state index contributed by atoms with van der Waals surface area (Å²) in [6, 6.07) is 3.64. The van der Waals surface area contributed by atoms with Crippen LogP contribution in [-0.2, 0) is 11.2 Å². The topological polar surface area (TPSA) is 70.7 Å². The Bertz CT molecular complexity index is 608. The van der Waals surface area contributed by atoms with Gasteiger partial charge in [-0.05, 0) is 31.4 Å². The highest BCUT2D eigenvalue weighted by molar-refractivity contribution is 7.16. The maximum Gasteiger partial charge on any atom is 0.220 e. The first-order valence-electron chi connectivity index (χ1n) is 6.88. The van der Waals surface area contributed by atoms with E-state index in [0.717, 1.165) is 15.0 Å². The molecule has 0 aliphatic rings. The van der Waals surface area contributed by atoms with Crippen LogP contribution in [0.25, 0.3) is 0 Å². The second-order valence-electron chi connectivity index (χ2n) is 5.27. The number of carbonyl (C=O) groups is 1. The average molecular weight is 327 g/mol. The van der Waals surface area contributed by atoms with Gasteiger partial charge in [-0.2, -0.15) is 5.10 Å². The van der Waals surface area contributed by atoms with Crippen LogP contribution < -0.4 is 5.32 Å². The van der Waals surface area contributed by atoms with Gasteiger partial charge >= 0.3 is 0 Å². The van der Waals surface area contributed by atoms with Gasteiger partial charge in [0.2, 0.25) is 5.91 Å². The van der Waals surface area contributed by atoms with Crippen LogP contribution in [0.15, 0.2) is 12.1 Å². The summed E-state index contributed by atoms with van der Waals surface area (Å²) < 4.78 is 0.752. The van der Waals surface area contributed by atoms with Crippen molar-refractivity contribution >= 4 is 28.8 Å². The van der Waals surface area contributed by atoms with E-state index in [2.05, 4.69) is 20.5 Å². The Morgan fingerprint density at radius 1 is 1.48 bits per heavy atom. The van der Waals surface area contributed by atoms with Crippen molar-refractivity contribution in [3.8, 4) is 0 Å². The monoisotopic (exact) mass is 326 g/mol. The Kier molecular flexibility index (Phi) is 5.36. The fraction of sp³-hybridized carbons (Fsp3) is 0.500. The van der Waals surface area contributed by atoms with Crippen LogP contribution in [0.5, 0.6) is 0 Å². The molecule has 0 aromatic carbocycles. The molecule has 2 aromatic rings. The van der Waals surface area contributed by atoms with E-state index in [1.165, 1.54) is 11.3 Å². The average Bonchev–Trinajstić information content (AvgIpc) is 3.02. The van der Waals surface area contributed by atoms with Gasteiger partial charge in [-0.1, -0.05) is 25.4 Å². The van der Waals surface area contributed by atoms with Crippen molar-refractivity contribution in [3.05, 3.63) is 33.0 Å². The van der Waals surface area contributed by atoms with Gasteiger partial charge in [-0.25, -0.2) is 4.98 Å². The number of rotatable bonds is 6. The molecule has 2 aromatic heterocycles. The van der Waals surface area contributed by atoms with E-state index >= 15 is 0 Å². The number of hydrogen-bond donors (Lipinski definition) is 2. The fourth-order valence-corrected chi connectivity index (χ4v) is 3.08. The number of nitrogens with zero attached hydrogens (tertiary/aromatic N) is 2. The zero-order valence-electron chi connectivity index (χ0n) is 12.3. The Balaban J connectivity index is 1.92. The predicted molar refractivity (Wildman–Crippen MR) is 84.5 cm³/mol. The molecule has 0 saturated carbocycles. The van der Waals surface area contributed by atoms with Crippen LogP contribution >= 0.6 is 22.9 Å². The zero-order valence-corrected chi connectivity index (χ0v) is 13.9. The number of aromatic nitrogens is 3. The van der Waals surface area contributed by atoms with Crippen LogP contribution in [0.3, 0.4) is 0 Å². The molecule has 0 saturated heterocycles. The summed E-state index contributed by atoms with van der Waals surface area (Å²) in [7, 11) is 0. The van der Waals surface area contributed by atoms with Crippen molar-refractivity contribution in [2.24, 2.45) is 5.92 Å². The van der Waals surface area contributed by atoms with E-state index in [9.17, 15) is 4.79 Å². The third kappa shape index (κ3) is 4.54. The van der Waals surface area contributed by atoms with E-state index < -0.39 is 0 Å². The summed E-state index contributed by atoms with van der Waals surface area (Å²) in [6.45, 7) is 5.92. The number of aromatic amines is 1. The number of halogens is 1. The van der Waals surface area contributed by atoms with E-state index in [4.69, 9.17) is 11.6 Å². The van der Waals surface area contributed by atoms with Gasteiger partial charge in [-0.3, -0.25) is 9.89 Å². The van der Waals surface area contributed by atoms with Crippen molar-refractivity contribution < 1.29 is 4.79 Å². The molecule has 1 amide bonds. The molecule has 1 unspecified atom stereocenters. The number of H-pyrrole nitrogens is 1. The molecule has 2 N–H and O–H groups in total. The SMILES string of the molecule is Cc1nc(C(NC(=O)CCc2ccc(Cl)s2)C(C)C)n[nH]1. The van der Waals surface area contributed by atoms with Gasteiger partial charge < -0.3 is 5.32 Å². The van der Waals surface area contributed by atoms with Gasteiger partial charge in [0.15, 0.2) is 5.82 Å². The zero-order chi connectivity index (χ0) is 15.4. The second kappa shape index (κ2) is 7.04. The largest absolute Gasteiger partial charge is 0.346 e. The molecule has 0 spiro atoms. The number of nitrogens with one attached hydrogen (secondary N) is 2. The number of amides is 1. The first-order chi connectivity index (χ1) is 9.95. The molecule has 21 heavy (non-hydrogen) atoms. The summed E-state index contributed by atoms with van der Waals surface area (Å²) in [5, 5.41) is 9.97. The maximum absolute atomic E-state index is 12.1. The van der Waals surface area contributed by atoms with Crippen LogP contribution in [0, 0.1) is 12.8 Å². The fourth-order valence-electron chi connectivity index (χ4n) is 2.00. The lowest BCUT2D eigenvalue weighted by Crippen LogP contribution is -2.32. The van der Waals surface area contributed by atoms with Gasteiger partial charge in [0.25, 0.3) is 0 Å². The quantitative estimate of drug-likeness (QED) is 0.855. The first-order valence-corrected chi connectivity index (χ1v) is 8.07. The van der Waals surface area contributed by atoms with Crippen molar-refractivity contribution in [1.82, 2.24) is 20.5 Å². The molecule has 114 valence electrons. The molecular weight excluding hydrogens is 308 g/mol. The van der Waals surface area contributed by atoms with Crippen molar-refractivity contribution in [3.63, 3.8) is 0 Å². The summed E-state index contributed by atoms with van der Waals surface area (Å²) in [5.74, 6) is 1.61. The highest BCUT2D eigenvalue weighted by Gasteiger charge is 2.22. The van der Waals surface area contributed by atoms with Crippen LogP contribution in [-0.4, -0.2) is 21.1 Å². The van der Waals surface area contributed by atoms with Crippen LogP contribution in [0.1, 0.15) is 42.8 Å². The lowest BCUT2D eigenvalue weighted by Gasteiger charge is -2.19. The number of carbonyl (C=O) groups excluding carboxylic acids is 1. The molecule has 0 fully saturated rings. The first kappa shape index (κ1) is 16.0. The molecule has 1 atom stereocenters. The minimum Gasteiger partial charge on any atom is -0.346 e. The maximum atomic E-state index is 12.1. The highest BCUT2D eigenvalue weighted by atomic mass is 35.5. The van der Waals surface area contributed by atoms with Gasteiger partial charge in [0, 0.05) is 11.3 Å². The third-order valence-corrected chi connectivity index (χ3v) is 4.39. The van der Waals surface area contributed by atoms with E-state index in [-0.39, 0.29) is 17.9 Å². The van der Waals surface area contributed by atoms with Crippen molar-refractivity contribution in [2.75, 3.05) is 0 Å². The van der Waals surface area contributed by atoms with Gasteiger partial charge in [0.05, 0.1) is 10.4 Å². The lowest BCUT2D eigenvalue weighted by atomic mass is 10.0. The van der Waals surface area contributed by atoms with Gasteiger partial charge in [0.1, 0.15) is 5.82 Å². The normalized spacial score (nSPS) is 12.6. The van der Waals surface area contributed by atoms with E-state index in [1.54, 1.807) is 0 Å². The molecular formula is C14H19ClN4OS. The summed E-state index contributed by atoms with van der Waals surface area (Å²) in [6.07, 6.45) is 1.13. The summed E-state index contributed by atoms with van der Waals surface area (Å²) >= 11 is 7.39. The number of thiophene rings is 1. The van der Waals surface area contributed by atoms with Crippen molar-refractivity contribution in [2.45, 2.75) is 39.7 Å². The summed E-state index contributed by atoms with van der Waals surface area (Å²) in [5.41, 5.74) is 0. The van der Waals surface area contributed by atoms with Crippen LogP contribution in [0.2, 0.25) is 4.34 Å². The molecule has 0 aliphatic heterocycles. The second-order valence-corrected chi connectivity index (χ2v) is 7.07.